The van der Waals surface area contributed by atoms with Gasteiger partial charge in [-0.25, -0.2) is 0 Å². The highest BCUT2D eigenvalue weighted by Gasteiger charge is 2.10. The topological polar surface area (TPSA) is 94.6 Å². The summed E-state index contributed by atoms with van der Waals surface area (Å²) in [6.07, 6.45) is 2.60. The maximum absolute atomic E-state index is 11.8. The Hall–Kier alpha value is -3.09. The van der Waals surface area contributed by atoms with Crippen molar-refractivity contribution in [1.29, 1.82) is 0 Å². The molecule has 114 valence electrons. The van der Waals surface area contributed by atoms with Crippen molar-refractivity contribution in [3.05, 3.63) is 57.8 Å². The summed E-state index contributed by atoms with van der Waals surface area (Å²) in [4.78, 5) is 21.7. The van der Waals surface area contributed by atoms with Gasteiger partial charge in [-0.1, -0.05) is 0 Å². The number of anilines is 1. The van der Waals surface area contributed by atoms with Crippen molar-refractivity contribution in [3.8, 4) is 5.75 Å². The standard InChI is InChI=1S/C15H14N2O5/c1-10-9-12(21-2)3-6-13(10)16-14(18)7-4-11-5-8-15(22-11)17(19)20/h3-9H,1-2H3,(H,16,18)/b7-4+. The highest BCUT2D eigenvalue weighted by atomic mass is 16.6. The molecule has 1 aromatic heterocycles. The van der Waals surface area contributed by atoms with E-state index in [1.165, 1.54) is 24.3 Å². The molecule has 0 radical (unpaired) electrons. The molecule has 1 heterocycles. The molecule has 0 unspecified atom stereocenters. The summed E-state index contributed by atoms with van der Waals surface area (Å²) in [6, 6.07) is 7.92. The lowest BCUT2D eigenvalue weighted by atomic mass is 10.2. The van der Waals surface area contributed by atoms with Gasteiger partial charge in [0.1, 0.15) is 16.4 Å². The number of furan rings is 1. The number of nitro groups is 1. The van der Waals surface area contributed by atoms with Gasteiger partial charge < -0.3 is 14.5 Å². The monoisotopic (exact) mass is 302 g/mol. The number of hydrogen-bond donors (Lipinski definition) is 1. The fourth-order valence-corrected chi connectivity index (χ4v) is 1.77. The molecule has 0 aliphatic rings. The van der Waals surface area contributed by atoms with Gasteiger partial charge in [0.05, 0.1) is 13.2 Å². The number of methoxy groups -OCH3 is 1. The van der Waals surface area contributed by atoms with E-state index in [-0.39, 0.29) is 17.6 Å². The Morgan fingerprint density at radius 2 is 2.14 bits per heavy atom. The number of hydrogen-bond acceptors (Lipinski definition) is 5. The molecule has 0 atom stereocenters. The third-order valence-corrected chi connectivity index (χ3v) is 2.88. The first-order valence-corrected chi connectivity index (χ1v) is 6.37. The Labute approximate surface area is 126 Å². The fraction of sp³-hybridized carbons (Fsp3) is 0.133. The van der Waals surface area contributed by atoms with E-state index in [0.29, 0.717) is 11.4 Å². The van der Waals surface area contributed by atoms with Crippen LogP contribution in [0.15, 0.2) is 40.8 Å². The van der Waals surface area contributed by atoms with Gasteiger partial charge in [-0.05, 0) is 42.8 Å². The average Bonchev–Trinajstić information content (AvgIpc) is 2.96. The molecule has 0 saturated carbocycles. The van der Waals surface area contributed by atoms with Gasteiger partial charge in [0.2, 0.25) is 5.91 Å². The Bertz CT molecular complexity index is 733. The van der Waals surface area contributed by atoms with Crippen molar-refractivity contribution in [3.63, 3.8) is 0 Å². The number of aryl methyl sites for hydroxylation is 1. The highest BCUT2D eigenvalue weighted by Crippen LogP contribution is 2.21. The minimum absolute atomic E-state index is 0.230. The molecule has 2 rings (SSSR count). The number of benzene rings is 1. The molecule has 22 heavy (non-hydrogen) atoms. The van der Waals surface area contributed by atoms with Crippen LogP contribution in [0, 0.1) is 17.0 Å². The normalized spacial score (nSPS) is 10.6. The van der Waals surface area contributed by atoms with E-state index < -0.39 is 4.92 Å². The Kier molecular flexibility index (Phi) is 4.57. The minimum atomic E-state index is -0.641. The van der Waals surface area contributed by atoms with Crippen molar-refractivity contribution in [2.45, 2.75) is 6.92 Å². The Morgan fingerprint density at radius 3 is 2.73 bits per heavy atom. The Morgan fingerprint density at radius 1 is 1.36 bits per heavy atom. The second-order valence-corrected chi connectivity index (χ2v) is 4.44. The van der Waals surface area contributed by atoms with Gasteiger partial charge in [-0.15, -0.1) is 0 Å². The number of carbonyl (C=O) groups excluding carboxylic acids is 1. The molecule has 1 amide bonds. The number of ether oxygens (including phenoxy) is 1. The summed E-state index contributed by atoms with van der Waals surface area (Å²) in [7, 11) is 1.57. The smallest absolute Gasteiger partial charge is 0.433 e. The molecule has 2 aromatic rings. The SMILES string of the molecule is COc1ccc(NC(=O)/C=C/c2ccc([N+](=O)[O-])o2)c(C)c1. The van der Waals surface area contributed by atoms with Crippen molar-refractivity contribution in [1.82, 2.24) is 0 Å². The molecule has 7 nitrogen and oxygen atoms in total. The van der Waals surface area contributed by atoms with Crippen LogP contribution in [-0.2, 0) is 4.79 Å². The van der Waals surface area contributed by atoms with E-state index in [1.54, 1.807) is 25.3 Å². The van der Waals surface area contributed by atoms with Gasteiger partial charge in [0, 0.05) is 11.8 Å². The van der Waals surface area contributed by atoms with Gasteiger partial charge >= 0.3 is 5.88 Å². The maximum Gasteiger partial charge on any atom is 0.433 e. The molecular formula is C15H14N2O5. The van der Waals surface area contributed by atoms with Crippen LogP contribution in [0.25, 0.3) is 6.08 Å². The first-order chi connectivity index (χ1) is 10.5. The van der Waals surface area contributed by atoms with Crippen LogP contribution in [0.1, 0.15) is 11.3 Å². The lowest BCUT2D eigenvalue weighted by molar-refractivity contribution is -0.402. The Balaban J connectivity index is 2.03. The number of nitrogens with one attached hydrogen (secondary N) is 1. The molecule has 0 bridgehead atoms. The van der Waals surface area contributed by atoms with Gasteiger partial charge in [-0.2, -0.15) is 0 Å². The summed E-state index contributed by atoms with van der Waals surface area (Å²) in [5.41, 5.74) is 1.51. The van der Waals surface area contributed by atoms with Crippen molar-refractivity contribution >= 4 is 23.6 Å². The summed E-state index contributed by atoms with van der Waals surface area (Å²) >= 11 is 0. The fourth-order valence-electron chi connectivity index (χ4n) is 1.77. The predicted octanol–water partition coefficient (Wildman–Crippen LogP) is 3.16. The van der Waals surface area contributed by atoms with E-state index in [0.717, 1.165) is 5.56 Å². The van der Waals surface area contributed by atoms with E-state index in [2.05, 4.69) is 5.32 Å². The molecule has 1 N–H and O–H groups in total. The highest BCUT2D eigenvalue weighted by molar-refractivity contribution is 6.02. The zero-order chi connectivity index (χ0) is 16.1. The summed E-state index contributed by atoms with van der Waals surface area (Å²) in [5.74, 6) is 0.195. The van der Waals surface area contributed by atoms with Crippen LogP contribution >= 0.6 is 0 Å². The summed E-state index contributed by atoms with van der Waals surface area (Å²) in [5, 5.41) is 13.2. The van der Waals surface area contributed by atoms with Crippen molar-refractivity contribution in [2.75, 3.05) is 12.4 Å². The van der Waals surface area contributed by atoms with Crippen LogP contribution in [0.3, 0.4) is 0 Å². The number of rotatable bonds is 5. The van der Waals surface area contributed by atoms with Crippen molar-refractivity contribution < 1.29 is 18.9 Å². The zero-order valence-electron chi connectivity index (χ0n) is 12.0. The summed E-state index contributed by atoms with van der Waals surface area (Å²) < 4.78 is 10.0. The predicted molar refractivity (Wildman–Crippen MR) is 80.8 cm³/mol. The molecule has 0 aliphatic heterocycles. The van der Waals surface area contributed by atoms with E-state index >= 15 is 0 Å². The van der Waals surface area contributed by atoms with Gasteiger partial charge in [-0.3, -0.25) is 14.9 Å². The average molecular weight is 302 g/mol. The second kappa shape index (κ2) is 6.57. The van der Waals surface area contributed by atoms with E-state index in [4.69, 9.17) is 9.15 Å². The molecule has 1 aromatic carbocycles. The largest absolute Gasteiger partial charge is 0.497 e. The molecule has 0 saturated heterocycles. The van der Waals surface area contributed by atoms with E-state index in [9.17, 15) is 14.9 Å². The van der Waals surface area contributed by atoms with Crippen LogP contribution in [0.5, 0.6) is 5.75 Å². The van der Waals surface area contributed by atoms with Gasteiger partial charge in [0.25, 0.3) is 0 Å². The molecular weight excluding hydrogens is 288 g/mol. The van der Waals surface area contributed by atoms with Crippen LogP contribution < -0.4 is 10.1 Å². The molecule has 0 fully saturated rings. The quantitative estimate of drug-likeness (QED) is 0.520. The number of amides is 1. The zero-order valence-corrected chi connectivity index (χ0v) is 12.0. The van der Waals surface area contributed by atoms with Crippen molar-refractivity contribution in [2.24, 2.45) is 0 Å². The van der Waals surface area contributed by atoms with Crippen LogP contribution in [0.4, 0.5) is 11.6 Å². The second-order valence-electron chi connectivity index (χ2n) is 4.44. The first kappa shape index (κ1) is 15.3. The third kappa shape index (κ3) is 3.72. The van der Waals surface area contributed by atoms with Gasteiger partial charge in [0.15, 0.2) is 0 Å². The maximum atomic E-state index is 11.8. The summed E-state index contributed by atoms with van der Waals surface area (Å²) in [6.45, 7) is 1.84. The molecule has 0 aliphatic carbocycles. The minimum Gasteiger partial charge on any atom is -0.497 e. The van der Waals surface area contributed by atoms with Crippen LogP contribution in [-0.4, -0.2) is 17.9 Å². The number of carbonyl (C=O) groups is 1. The van der Waals surface area contributed by atoms with Crippen LogP contribution in [0.2, 0.25) is 0 Å². The number of nitrogens with zero attached hydrogens (tertiary/aromatic N) is 1. The van der Waals surface area contributed by atoms with E-state index in [1.807, 2.05) is 6.92 Å². The molecule has 7 heteroatoms. The third-order valence-electron chi connectivity index (χ3n) is 2.88. The lowest BCUT2D eigenvalue weighted by Crippen LogP contribution is -2.08. The molecule has 0 spiro atoms. The lowest BCUT2D eigenvalue weighted by Gasteiger charge is -2.08. The first-order valence-electron chi connectivity index (χ1n) is 6.37.